The van der Waals surface area contributed by atoms with Crippen molar-refractivity contribution in [3.05, 3.63) is 88.1 Å². The summed E-state index contributed by atoms with van der Waals surface area (Å²) in [5.74, 6) is -0.0478. The van der Waals surface area contributed by atoms with Gasteiger partial charge >= 0.3 is 0 Å². The first-order valence-corrected chi connectivity index (χ1v) is 11.2. The molecule has 0 aliphatic carbocycles. The zero-order chi connectivity index (χ0) is 20.6. The molecular formula is C24H27N3O2S. The van der Waals surface area contributed by atoms with Crippen LogP contribution in [0, 0.1) is 0 Å². The second kappa shape index (κ2) is 10.5. The van der Waals surface area contributed by atoms with Gasteiger partial charge in [-0.2, -0.15) is 0 Å². The molecule has 0 radical (unpaired) electrons. The van der Waals surface area contributed by atoms with E-state index >= 15 is 0 Å². The molecule has 0 bridgehead atoms. The monoisotopic (exact) mass is 421 g/mol. The molecule has 1 saturated heterocycles. The fourth-order valence-corrected chi connectivity index (χ4v) is 4.42. The minimum absolute atomic E-state index is 0.00727. The van der Waals surface area contributed by atoms with Crippen molar-refractivity contribution >= 4 is 22.9 Å². The van der Waals surface area contributed by atoms with Crippen LogP contribution in [0.5, 0.6) is 0 Å². The molecule has 1 aromatic heterocycles. The van der Waals surface area contributed by atoms with Crippen LogP contribution in [-0.4, -0.2) is 43.7 Å². The van der Waals surface area contributed by atoms with Crippen LogP contribution < -0.4 is 10.6 Å². The highest BCUT2D eigenvalue weighted by molar-refractivity contribution is 7.10. The zero-order valence-electron chi connectivity index (χ0n) is 16.9. The molecule has 2 N–H and O–H groups in total. The number of carbonyl (C=O) groups excluding carboxylic acids is 1. The minimum atomic E-state index is -0.0478. The van der Waals surface area contributed by atoms with Crippen LogP contribution in [0.25, 0.3) is 0 Å². The Morgan fingerprint density at radius 3 is 2.47 bits per heavy atom. The number of nitrogens with one attached hydrogen (secondary N) is 2. The maximum atomic E-state index is 12.5. The van der Waals surface area contributed by atoms with Crippen LogP contribution in [-0.2, 0) is 16.1 Å². The van der Waals surface area contributed by atoms with Gasteiger partial charge in [-0.25, -0.2) is 0 Å². The number of anilines is 1. The number of carbonyl (C=O) groups is 1. The SMILES string of the molecule is O=C(CN[C@H](c1ccccc1)c1cccs1)Nc1ccc(CN2CCOCC2)cc1. The summed E-state index contributed by atoms with van der Waals surface area (Å²) in [6.07, 6.45) is 0. The fraction of sp³-hybridized carbons (Fsp3) is 0.292. The Morgan fingerprint density at radius 2 is 1.77 bits per heavy atom. The molecular weight excluding hydrogens is 394 g/mol. The lowest BCUT2D eigenvalue weighted by atomic mass is 10.1. The summed E-state index contributed by atoms with van der Waals surface area (Å²) in [5.41, 5.74) is 3.22. The standard InChI is InChI=1S/C24H27N3O2S/c28-23(17-25-24(22-7-4-16-30-22)20-5-2-1-3-6-20)26-21-10-8-19(9-11-21)18-27-12-14-29-15-13-27/h1-11,16,24-25H,12-15,17-18H2,(H,26,28)/t24-/m1/s1. The molecule has 5 nitrogen and oxygen atoms in total. The highest BCUT2D eigenvalue weighted by atomic mass is 32.1. The van der Waals surface area contributed by atoms with Gasteiger partial charge in [0.1, 0.15) is 0 Å². The topological polar surface area (TPSA) is 53.6 Å². The third-order valence-electron chi connectivity index (χ3n) is 5.17. The molecule has 2 aromatic carbocycles. The summed E-state index contributed by atoms with van der Waals surface area (Å²) in [6.45, 7) is 4.70. The molecule has 0 spiro atoms. The molecule has 1 atom stereocenters. The third kappa shape index (κ3) is 5.77. The van der Waals surface area contributed by atoms with Crippen molar-refractivity contribution in [2.45, 2.75) is 12.6 Å². The molecule has 0 unspecified atom stereocenters. The minimum Gasteiger partial charge on any atom is -0.379 e. The van der Waals surface area contributed by atoms with Crippen molar-refractivity contribution in [2.75, 3.05) is 38.2 Å². The van der Waals surface area contributed by atoms with E-state index in [1.165, 1.54) is 10.4 Å². The number of ether oxygens (including phenoxy) is 1. The second-order valence-corrected chi connectivity index (χ2v) is 8.35. The van der Waals surface area contributed by atoms with Crippen LogP contribution in [0.2, 0.25) is 0 Å². The molecule has 0 saturated carbocycles. The summed E-state index contributed by atoms with van der Waals surface area (Å²) in [6, 6.07) is 22.5. The average molecular weight is 422 g/mol. The molecule has 2 heterocycles. The van der Waals surface area contributed by atoms with Crippen molar-refractivity contribution in [3.63, 3.8) is 0 Å². The number of hydrogen-bond acceptors (Lipinski definition) is 5. The van der Waals surface area contributed by atoms with Crippen molar-refractivity contribution in [1.82, 2.24) is 10.2 Å². The first kappa shape index (κ1) is 20.8. The smallest absolute Gasteiger partial charge is 0.238 e. The Balaban J connectivity index is 1.31. The third-order valence-corrected chi connectivity index (χ3v) is 6.11. The maximum Gasteiger partial charge on any atom is 0.238 e. The Hall–Kier alpha value is -2.51. The van der Waals surface area contributed by atoms with E-state index in [1.54, 1.807) is 11.3 Å². The predicted octanol–water partition coefficient (Wildman–Crippen LogP) is 3.90. The lowest BCUT2D eigenvalue weighted by molar-refractivity contribution is -0.115. The van der Waals surface area contributed by atoms with E-state index < -0.39 is 0 Å². The van der Waals surface area contributed by atoms with E-state index in [4.69, 9.17) is 4.74 Å². The van der Waals surface area contributed by atoms with Crippen LogP contribution in [0.4, 0.5) is 5.69 Å². The molecule has 30 heavy (non-hydrogen) atoms. The van der Waals surface area contributed by atoms with Crippen molar-refractivity contribution < 1.29 is 9.53 Å². The van der Waals surface area contributed by atoms with Gasteiger partial charge in [-0.15, -0.1) is 11.3 Å². The molecule has 4 rings (SSSR count). The maximum absolute atomic E-state index is 12.5. The first-order chi connectivity index (χ1) is 14.8. The average Bonchev–Trinajstić information content (AvgIpc) is 3.31. The summed E-state index contributed by atoms with van der Waals surface area (Å²) < 4.78 is 5.40. The van der Waals surface area contributed by atoms with E-state index in [-0.39, 0.29) is 18.5 Å². The van der Waals surface area contributed by atoms with Crippen molar-refractivity contribution in [3.8, 4) is 0 Å². The predicted molar refractivity (Wildman–Crippen MR) is 122 cm³/mol. The first-order valence-electron chi connectivity index (χ1n) is 10.3. The van der Waals surface area contributed by atoms with Crippen molar-refractivity contribution in [1.29, 1.82) is 0 Å². The van der Waals surface area contributed by atoms with Crippen LogP contribution >= 0.6 is 11.3 Å². The Kier molecular flexibility index (Phi) is 7.26. The highest BCUT2D eigenvalue weighted by Gasteiger charge is 2.16. The Bertz CT molecular complexity index is 907. The van der Waals surface area contributed by atoms with Gasteiger partial charge in [0.05, 0.1) is 25.8 Å². The number of nitrogens with zero attached hydrogens (tertiary/aromatic N) is 1. The lowest BCUT2D eigenvalue weighted by Gasteiger charge is -2.26. The van der Waals surface area contributed by atoms with Crippen LogP contribution in [0.3, 0.4) is 0 Å². The van der Waals surface area contributed by atoms with E-state index in [9.17, 15) is 4.79 Å². The Labute approximate surface area is 181 Å². The molecule has 1 amide bonds. The van der Waals surface area contributed by atoms with E-state index in [0.717, 1.165) is 44.1 Å². The van der Waals surface area contributed by atoms with Gasteiger partial charge in [-0.05, 0) is 34.7 Å². The second-order valence-electron chi connectivity index (χ2n) is 7.37. The molecule has 1 aliphatic heterocycles. The van der Waals surface area contributed by atoms with Gasteiger partial charge in [-0.1, -0.05) is 48.5 Å². The molecule has 3 aromatic rings. The van der Waals surface area contributed by atoms with Gasteiger partial charge in [0.2, 0.25) is 5.91 Å². The molecule has 1 aliphatic rings. The fourth-order valence-electron chi connectivity index (χ4n) is 3.59. The van der Waals surface area contributed by atoms with Gasteiger partial charge in [-0.3, -0.25) is 15.0 Å². The number of morpholine rings is 1. The summed E-state index contributed by atoms with van der Waals surface area (Å²) in [4.78, 5) is 16.1. The summed E-state index contributed by atoms with van der Waals surface area (Å²) in [7, 11) is 0. The van der Waals surface area contributed by atoms with Crippen LogP contribution in [0.15, 0.2) is 72.1 Å². The number of amides is 1. The lowest BCUT2D eigenvalue weighted by Crippen LogP contribution is -2.35. The number of rotatable bonds is 8. The number of thiophene rings is 1. The largest absolute Gasteiger partial charge is 0.379 e. The Morgan fingerprint density at radius 1 is 1.00 bits per heavy atom. The van der Waals surface area contributed by atoms with Gasteiger partial charge < -0.3 is 10.1 Å². The van der Waals surface area contributed by atoms with Gasteiger partial charge in [0.25, 0.3) is 0 Å². The van der Waals surface area contributed by atoms with E-state index in [2.05, 4.69) is 51.2 Å². The normalized spacial score (nSPS) is 15.6. The zero-order valence-corrected chi connectivity index (χ0v) is 17.7. The summed E-state index contributed by atoms with van der Waals surface area (Å²) in [5, 5.41) is 8.46. The molecule has 1 fully saturated rings. The van der Waals surface area contributed by atoms with Gasteiger partial charge in [0, 0.05) is 30.2 Å². The van der Waals surface area contributed by atoms with E-state index in [1.807, 2.05) is 36.4 Å². The van der Waals surface area contributed by atoms with Crippen LogP contribution in [0.1, 0.15) is 22.0 Å². The highest BCUT2D eigenvalue weighted by Crippen LogP contribution is 2.25. The molecule has 6 heteroatoms. The quantitative estimate of drug-likeness (QED) is 0.579. The number of benzene rings is 2. The summed E-state index contributed by atoms with van der Waals surface area (Å²) >= 11 is 1.69. The van der Waals surface area contributed by atoms with Gasteiger partial charge in [0.15, 0.2) is 0 Å². The van der Waals surface area contributed by atoms with Crippen molar-refractivity contribution in [2.24, 2.45) is 0 Å². The van der Waals surface area contributed by atoms with E-state index in [0.29, 0.717) is 0 Å². The molecule has 156 valence electrons. The number of hydrogen-bond donors (Lipinski definition) is 2.